The fraction of sp³-hybridized carbons (Fsp3) is 1.00. The van der Waals surface area contributed by atoms with Crippen LogP contribution in [-0.4, -0.2) is 30.8 Å². The number of rotatable bonds is 3. The maximum atomic E-state index is 2.70. The smallest absolute Gasteiger partial charge is 0.0272 e. The summed E-state index contributed by atoms with van der Waals surface area (Å²) < 4.78 is 0. The zero-order valence-corrected chi connectivity index (χ0v) is 11.8. The maximum absolute atomic E-state index is 2.70. The summed E-state index contributed by atoms with van der Waals surface area (Å²) in [7, 11) is 0. The Morgan fingerprint density at radius 2 is 1.45 bits per heavy atom. The summed E-state index contributed by atoms with van der Waals surface area (Å²) in [5.41, 5.74) is -1.63. The summed E-state index contributed by atoms with van der Waals surface area (Å²) in [6.45, 7) is 4.61. The molecule has 0 rings (SSSR count). The van der Waals surface area contributed by atoms with Gasteiger partial charge in [0, 0.05) is 0 Å². The van der Waals surface area contributed by atoms with Crippen molar-refractivity contribution in [2.24, 2.45) is 5.92 Å². The van der Waals surface area contributed by atoms with E-state index in [4.69, 9.17) is 0 Å². The standard InChI is InChI=1S/C9H23IS/c1-9(2)7-8-11(3,4,5,6)10/h9H,7-8H2,1-6H3. The van der Waals surface area contributed by atoms with E-state index in [2.05, 4.69) is 60.1 Å². The molecule has 0 radical (unpaired) electrons. The molecule has 0 aliphatic rings. The number of hydrogen-bond donors (Lipinski definition) is 0. The number of halogens is 1. The highest BCUT2D eigenvalue weighted by Gasteiger charge is 2.38. The minimum absolute atomic E-state index is 0.847. The van der Waals surface area contributed by atoms with E-state index in [1.54, 1.807) is 0 Å². The fourth-order valence-corrected chi connectivity index (χ4v) is 3.02. The van der Waals surface area contributed by atoms with Crippen molar-refractivity contribution in [3.05, 3.63) is 0 Å². The van der Waals surface area contributed by atoms with Crippen LogP contribution in [-0.2, 0) is 0 Å². The maximum Gasteiger partial charge on any atom is -0.0272 e. The molecule has 0 heterocycles. The van der Waals surface area contributed by atoms with Crippen molar-refractivity contribution in [2.45, 2.75) is 20.3 Å². The van der Waals surface area contributed by atoms with Crippen molar-refractivity contribution >= 4 is 26.7 Å². The van der Waals surface area contributed by atoms with Crippen molar-refractivity contribution in [3.8, 4) is 0 Å². The summed E-state index contributed by atoms with van der Waals surface area (Å²) >= 11 is 2.70. The van der Waals surface area contributed by atoms with Crippen LogP contribution in [0.5, 0.6) is 0 Å². The molecule has 0 saturated carbocycles. The summed E-state index contributed by atoms with van der Waals surface area (Å²) in [6.07, 6.45) is 11.2. The summed E-state index contributed by atoms with van der Waals surface area (Å²) in [5.74, 6) is 2.23. The Balaban J connectivity index is 4.16. The zero-order chi connectivity index (χ0) is 9.40. The molecule has 0 aromatic carbocycles. The summed E-state index contributed by atoms with van der Waals surface area (Å²) in [4.78, 5) is 0. The highest BCUT2D eigenvalue weighted by atomic mass is 127. The molecule has 0 fully saturated rings. The first-order valence-corrected chi connectivity index (χ1v) is 10.9. The SMILES string of the molecule is CC(C)CCS(C)(C)(C)(C)I. The Morgan fingerprint density at radius 1 is 1.09 bits per heavy atom. The molecule has 0 nitrogen and oxygen atoms in total. The molecule has 0 aromatic heterocycles. The van der Waals surface area contributed by atoms with E-state index in [1.165, 1.54) is 12.2 Å². The lowest BCUT2D eigenvalue weighted by Crippen LogP contribution is -2.27. The van der Waals surface area contributed by atoms with Gasteiger partial charge in [-0.25, -0.2) is 5.47 Å². The Labute approximate surface area is 83.4 Å². The van der Waals surface area contributed by atoms with Gasteiger partial charge in [0.15, 0.2) is 0 Å². The van der Waals surface area contributed by atoms with Gasteiger partial charge in [0.05, 0.1) is 0 Å². The molecule has 0 N–H and O–H groups in total. The van der Waals surface area contributed by atoms with Gasteiger partial charge in [-0.3, -0.25) is 0 Å². The Kier molecular flexibility index (Phi) is 2.78. The molecule has 0 saturated heterocycles. The second-order valence-electron chi connectivity index (χ2n) is 6.22. The van der Waals surface area contributed by atoms with Gasteiger partial charge in [0.2, 0.25) is 0 Å². The van der Waals surface area contributed by atoms with E-state index in [0.29, 0.717) is 0 Å². The first kappa shape index (κ1) is 12.1. The van der Waals surface area contributed by atoms with Gasteiger partial charge in [-0.05, 0) is 64.3 Å². The lowest BCUT2D eigenvalue weighted by molar-refractivity contribution is 0.629. The van der Waals surface area contributed by atoms with Gasteiger partial charge in [-0.1, -0.05) is 13.8 Å². The average Bonchev–Trinajstić information content (AvgIpc) is 1.56. The van der Waals surface area contributed by atoms with Crippen LogP contribution in [0, 0.1) is 5.92 Å². The van der Waals surface area contributed by atoms with Crippen LogP contribution in [0.3, 0.4) is 0 Å². The second kappa shape index (κ2) is 2.53. The molecule has 2 heteroatoms. The Morgan fingerprint density at radius 3 is 1.55 bits per heavy atom. The third-order valence-corrected chi connectivity index (χ3v) is 4.93. The van der Waals surface area contributed by atoms with Crippen LogP contribution >= 0.6 is 26.7 Å². The molecule has 0 aliphatic heterocycles. The largest absolute Gasteiger partial charge is 0.242 e. The monoisotopic (exact) mass is 290 g/mol. The highest BCUT2D eigenvalue weighted by Crippen LogP contribution is 2.85. The minimum atomic E-state index is -1.63. The van der Waals surface area contributed by atoms with Crippen molar-refractivity contribution in [1.29, 1.82) is 0 Å². The van der Waals surface area contributed by atoms with Crippen LogP contribution in [0.2, 0.25) is 0 Å². The van der Waals surface area contributed by atoms with Gasteiger partial charge in [-0.2, -0.15) is 0 Å². The zero-order valence-electron chi connectivity index (χ0n) is 8.78. The highest BCUT2D eigenvalue weighted by molar-refractivity contribution is 14.2. The molecular formula is C9H23IS. The predicted molar refractivity (Wildman–Crippen MR) is 69.6 cm³/mol. The molecule has 11 heavy (non-hydrogen) atoms. The van der Waals surface area contributed by atoms with E-state index >= 15 is 0 Å². The predicted octanol–water partition coefficient (Wildman–Crippen LogP) is 3.78. The molecule has 0 atom stereocenters. The van der Waals surface area contributed by atoms with Gasteiger partial charge in [0.25, 0.3) is 0 Å². The van der Waals surface area contributed by atoms with Crippen molar-refractivity contribution in [1.82, 2.24) is 0 Å². The minimum Gasteiger partial charge on any atom is -0.242 e. The molecule has 0 unspecified atom stereocenters. The Hall–Kier alpha value is 1.08. The first-order chi connectivity index (χ1) is 4.39. The first-order valence-electron chi connectivity index (χ1n) is 4.14. The normalized spacial score (nSPS) is 19.6. The molecular weight excluding hydrogens is 267 g/mol. The third kappa shape index (κ3) is 11.1. The Bertz CT molecular complexity index is 136. The van der Waals surface area contributed by atoms with Crippen LogP contribution in [0.25, 0.3) is 0 Å². The fourth-order valence-electron chi connectivity index (χ4n) is 0.752. The van der Waals surface area contributed by atoms with E-state index in [9.17, 15) is 0 Å². The van der Waals surface area contributed by atoms with Gasteiger partial charge >= 0.3 is 0 Å². The van der Waals surface area contributed by atoms with E-state index in [0.717, 1.165) is 5.92 Å². The van der Waals surface area contributed by atoms with Crippen molar-refractivity contribution in [3.63, 3.8) is 0 Å². The molecule has 0 aliphatic carbocycles. The molecule has 72 valence electrons. The van der Waals surface area contributed by atoms with Crippen molar-refractivity contribution < 1.29 is 0 Å². The molecule has 0 spiro atoms. The quantitative estimate of drug-likeness (QED) is 0.694. The van der Waals surface area contributed by atoms with E-state index < -0.39 is 5.47 Å². The topological polar surface area (TPSA) is 0 Å². The lowest BCUT2D eigenvalue weighted by atomic mass is 10.2. The molecule has 0 amide bonds. The van der Waals surface area contributed by atoms with Crippen molar-refractivity contribution in [2.75, 3.05) is 30.8 Å². The van der Waals surface area contributed by atoms with Gasteiger partial charge in [0.1, 0.15) is 0 Å². The number of hydrogen-bond acceptors (Lipinski definition) is 0. The van der Waals surface area contributed by atoms with E-state index in [1.807, 2.05) is 0 Å². The van der Waals surface area contributed by atoms with Gasteiger partial charge in [-0.15, -0.1) is 0 Å². The van der Waals surface area contributed by atoms with Crippen LogP contribution < -0.4 is 0 Å². The second-order valence-corrected chi connectivity index (χ2v) is 27.7. The van der Waals surface area contributed by atoms with Crippen LogP contribution in [0.1, 0.15) is 20.3 Å². The summed E-state index contributed by atoms with van der Waals surface area (Å²) in [5, 5.41) is 0. The molecule has 0 aromatic rings. The van der Waals surface area contributed by atoms with E-state index in [-0.39, 0.29) is 0 Å². The lowest BCUT2D eigenvalue weighted by Gasteiger charge is -2.64. The molecule has 0 bridgehead atoms. The van der Waals surface area contributed by atoms with Crippen LogP contribution in [0.4, 0.5) is 0 Å². The average molecular weight is 290 g/mol. The van der Waals surface area contributed by atoms with Gasteiger partial charge < -0.3 is 0 Å². The van der Waals surface area contributed by atoms with Crippen LogP contribution in [0.15, 0.2) is 0 Å². The summed E-state index contributed by atoms with van der Waals surface area (Å²) in [6, 6.07) is 0. The third-order valence-electron chi connectivity index (χ3n) is 1.59.